The highest BCUT2D eigenvalue weighted by Crippen LogP contribution is 2.25. The lowest BCUT2D eigenvalue weighted by Gasteiger charge is -2.31. The zero-order chi connectivity index (χ0) is 18.7. The van der Waals surface area contributed by atoms with Crippen molar-refractivity contribution in [2.24, 2.45) is 5.92 Å². The zero-order valence-electron chi connectivity index (χ0n) is 15.0. The van der Waals surface area contributed by atoms with Gasteiger partial charge in [0.25, 0.3) is 0 Å². The molecule has 2 heterocycles. The number of nitrogens with two attached hydrogens (primary N) is 1. The van der Waals surface area contributed by atoms with Crippen LogP contribution in [0.5, 0.6) is 0 Å². The van der Waals surface area contributed by atoms with Crippen LogP contribution < -0.4 is 11.1 Å². The number of nitrogens with zero attached hydrogens (tertiary/aromatic N) is 2. The van der Waals surface area contributed by atoms with Crippen molar-refractivity contribution in [2.45, 2.75) is 24.7 Å². The van der Waals surface area contributed by atoms with Gasteiger partial charge in [0.2, 0.25) is 15.9 Å². The van der Waals surface area contributed by atoms with Crippen LogP contribution in [0.25, 0.3) is 0 Å². The van der Waals surface area contributed by atoms with E-state index in [4.69, 9.17) is 5.73 Å². The molecule has 1 atom stereocenters. The number of carbonyl (C=O) groups is 1. The first-order valence-electron chi connectivity index (χ1n) is 8.45. The van der Waals surface area contributed by atoms with Gasteiger partial charge in [0.1, 0.15) is 5.82 Å². The number of hydrogen-bond donors (Lipinski definition) is 2. The van der Waals surface area contributed by atoms with Crippen LogP contribution in [-0.4, -0.2) is 36.7 Å². The van der Waals surface area contributed by atoms with E-state index in [2.05, 4.69) is 10.3 Å². The van der Waals surface area contributed by atoms with Gasteiger partial charge in [0.05, 0.1) is 22.7 Å². The summed E-state index contributed by atoms with van der Waals surface area (Å²) in [7, 11) is -3.60. The summed E-state index contributed by atoms with van der Waals surface area (Å²) in [5.41, 5.74) is 7.08. The van der Waals surface area contributed by atoms with Crippen molar-refractivity contribution in [3.05, 3.63) is 48.2 Å². The predicted molar refractivity (Wildman–Crippen MR) is 107 cm³/mol. The summed E-state index contributed by atoms with van der Waals surface area (Å²) in [5, 5.41) is 2.78. The van der Waals surface area contributed by atoms with Crippen molar-refractivity contribution in [3.8, 4) is 0 Å². The van der Waals surface area contributed by atoms with Gasteiger partial charge in [-0.25, -0.2) is 13.4 Å². The number of anilines is 2. The van der Waals surface area contributed by atoms with Crippen LogP contribution in [0, 0.1) is 12.8 Å². The number of aromatic nitrogens is 1. The van der Waals surface area contributed by atoms with Crippen LogP contribution >= 0.6 is 12.4 Å². The van der Waals surface area contributed by atoms with E-state index in [1.807, 2.05) is 6.92 Å². The molecule has 9 heteroatoms. The highest BCUT2D eigenvalue weighted by molar-refractivity contribution is 7.89. The van der Waals surface area contributed by atoms with E-state index in [0.29, 0.717) is 30.9 Å². The van der Waals surface area contributed by atoms with Crippen LogP contribution in [0.1, 0.15) is 18.4 Å². The van der Waals surface area contributed by atoms with E-state index < -0.39 is 15.9 Å². The highest BCUT2D eigenvalue weighted by atomic mass is 35.5. The van der Waals surface area contributed by atoms with Gasteiger partial charge >= 0.3 is 0 Å². The number of benzene rings is 1. The van der Waals surface area contributed by atoms with Crippen LogP contribution in [0.2, 0.25) is 0 Å². The number of nitrogens with one attached hydrogen (secondary N) is 1. The minimum atomic E-state index is -3.60. The van der Waals surface area contributed by atoms with E-state index >= 15 is 0 Å². The molecule has 0 bridgehead atoms. The minimum Gasteiger partial charge on any atom is -0.384 e. The summed E-state index contributed by atoms with van der Waals surface area (Å²) in [6, 6.07) is 10.0. The first kappa shape index (κ1) is 21.1. The Morgan fingerprint density at radius 1 is 1.22 bits per heavy atom. The summed E-state index contributed by atoms with van der Waals surface area (Å²) in [5.74, 6) is -0.238. The standard InChI is InChI=1S/C18H22N4O3S.ClH/c1-13-4-7-16(8-5-13)26(24,25)22-10-2-3-14(12-22)18(23)21-15-6-9-17(19)20-11-15;/h4-9,11,14H,2-3,10,12H2,1H3,(H2,19,20)(H,21,23);1H. The van der Waals surface area contributed by atoms with Crippen LogP contribution in [-0.2, 0) is 14.8 Å². The molecule has 27 heavy (non-hydrogen) atoms. The normalized spacial score (nSPS) is 17.7. The number of sulfonamides is 1. The topological polar surface area (TPSA) is 105 Å². The van der Waals surface area contributed by atoms with Crippen LogP contribution in [0.3, 0.4) is 0 Å². The monoisotopic (exact) mass is 410 g/mol. The molecule has 3 N–H and O–H groups in total. The average Bonchev–Trinajstić information content (AvgIpc) is 2.64. The quantitative estimate of drug-likeness (QED) is 0.805. The van der Waals surface area contributed by atoms with Gasteiger partial charge in [0.15, 0.2) is 0 Å². The van der Waals surface area contributed by atoms with E-state index in [0.717, 1.165) is 5.56 Å². The molecule has 0 aliphatic carbocycles. The Morgan fingerprint density at radius 3 is 2.56 bits per heavy atom. The molecule has 1 saturated heterocycles. The van der Waals surface area contributed by atoms with Crippen molar-refractivity contribution < 1.29 is 13.2 Å². The third-order valence-electron chi connectivity index (χ3n) is 4.47. The maximum Gasteiger partial charge on any atom is 0.243 e. The molecule has 1 amide bonds. The molecule has 2 aromatic rings. The number of rotatable bonds is 4. The molecule has 0 spiro atoms. The molecule has 1 fully saturated rings. The fourth-order valence-electron chi connectivity index (χ4n) is 2.96. The lowest BCUT2D eigenvalue weighted by molar-refractivity contribution is -0.120. The molecule has 3 rings (SSSR count). The molecule has 1 aliphatic heterocycles. The van der Waals surface area contributed by atoms with Crippen molar-refractivity contribution in [2.75, 3.05) is 24.1 Å². The Hall–Kier alpha value is -2.16. The van der Waals surface area contributed by atoms with Gasteiger partial charge in [-0.2, -0.15) is 4.31 Å². The Labute approximate surface area is 165 Å². The van der Waals surface area contributed by atoms with Crippen molar-refractivity contribution in [3.63, 3.8) is 0 Å². The Morgan fingerprint density at radius 2 is 1.93 bits per heavy atom. The number of aryl methyl sites for hydroxylation is 1. The van der Waals surface area contributed by atoms with Gasteiger partial charge in [-0.15, -0.1) is 12.4 Å². The average molecular weight is 411 g/mol. The summed E-state index contributed by atoms with van der Waals surface area (Å²) >= 11 is 0. The maximum atomic E-state index is 12.8. The zero-order valence-corrected chi connectivity index (χ0v) is 16.6. The first-order valence-corrected chi connectivity index (χ1v) is 9.89. The summed E-state index contributed by atoms with van der Waals surface area (Å²) in [6.45, 7) is 2.50. The van der Waals surface area contributed by atoms with Gasteiger partial charge < -0.3 is 11.1 Å². The summed E-state index contributed by atoms with van der Waals surface area (Å²) < 4.78 is 27.1. The molecular formula is C18H23ClN4O3S. The third kappa shape index (κ3) is 4.97. The van der Waals surface area contributed by atoms with Gasteiger partial charge in [0, 0.05) is 13.1 Å². The second-order valence-electron chi connectivity index (χ2n) is 6.48. The first-order chi connectivity index (χ1) is 12.4. The molecule has 1 aliphatic rings. The molecule has 146 valence electrons. The Balaban J connectivity index is 0.00000261. The number of piperidine rings is 1. The fraction of sp³-hybridized carbons (Fsp3) is 0.333. The summed E-state index contributed by atoms with van der Waals surface area (Å²) in [6.07, 6.45) is 2.77. The maximum absolute atomic E-state index is 12.8. The minimum absolute atomic E-state index is 0. The van der Waals surface area contributed by atoms with Crippen LogP contribution in [0.15, 0.2) is 47.5 Å². The lowest BCUT2D eigenvalue weighted by Crippen LogP contribution is -2.43. The van der Waals surface area contributed by atoms with E-state index in [-0.39, 0.29) is 29.8 Å². The molecule has 0 radical (unpaired) electrons. The molecule has 1 unspecified atom stereocenters. The second-order valence-corrected chi connectivity index (χ2v) is 8.41. The molecular weight excluding hydrogens is 388 g/mol. The van der Waals surface area contributed by atoms with Gasteiger partial charge in [-0.3, -0.25) is 4.79 Å². The number of halogens is 1. The number of amides is 1. The molecule has 7 nitrogen and oxygen atoms in total. The SMILES string of the molecule is Cc1ccc(S(=O)(=O)N2CCCC(C(=O)Nc3ccc(N)nc3)C2)cc1.Cl. The fourth-order valence-corrected chi connectivity index (χ4v) is 4.48. The second kappa shape index (κ2) is 8.69. The van der Waals surface area contributed by atoms with Crippen molar-refractivity contribution >= 4 is 39.8 Å². The molecule has 0 saturated carbocycles. The third-order valence-corrected chi connectivity index (χ3v) is 6.35. The van der Waals surface area contributed by atoms with Gasteiger partial charge in [-0.1, -0.05) is 17.7 Å². The Kier molecular flexibility index (Phi) is 6.80. The number of hydrogen-bond acceptors (Lipinski definition) is 5. The highest BCUT2D eigenvalue weighted by Gasteiger charge is 2.33. The number of nitrogen functional groups attached to an aromatic ring is 1. The predicted octanol–water partition coefficient (Wildman–Crippen LogP) is 2.43. The van der Waals surface area contributed by atoms with E-state index in [1.54, 1.807) is 36.4 Å². The lowest BCUT2D eigenvalue weighted by atomic mass is 9.99. The van der Waals surface area contributed by atoms with E-state index in [1.165, 1.54) is 10.5 Å². The Bertz CT molecular complexity index is 886. The molecule has 1 aromatic heterocycles. The van der Waals surface area contributed by atoms with Crippen molar-refractivity contribution in [1.29, 1.82) is 0 Å². The largest absolute Gasteiger partial charge is 0.384 e. The number of carbonyl (C=O) groups excluding carboxylic acids is 1. The van der Waals surface area contributed by atoms with Crippen LogP contribution in [0.4, 0.5) is 11.5 Å². The number of pyridine rings is 1. The van der Waals surface area contributed by atoms with Crippen molar-refractivity contribution in [1.82, 2.24) is 9.29 Å². The smallest absolute Gasteiger partial charge is 0.243 e. The summed E-state index contributed by atoms with van der Waals surface area (Å²) in [4.78, 5) is 16.7. The molecule has 1 aromatic carbocycles. The van der Waals surface area contributed by atoms with Gasteiger partial charge in [-0.05, 0) is 44.0 Å². The van der Waals surface area contributed by atoms with E-state index in [9.17, 15) is 13.2 Å².